The maximum atomic E-state index is 11.5. The maximum absolute atomic E-state index is 11.5. The molecule has 0 aromatic carbocycles. The highest BCUT2D eigenvalue weighted by atomic mass is 16.5. The first-order valence-corrected chi connectivity index (χ1v) is 4.91. The van der Waals surface area contributed by atoms with Crippen molar-refractivity contribution in [3.63, 3.8) is 0 Å². The highest BCUT2D eigenvalue weighted by Gasteiger charge is 2.29. The van der Waals surface area contributed by atoms with Gasteiger partial charge in [-0.05, 0) is 20.3 Å². The lowest BCUT2D eigenvalue weighted by Gasteiger charge is -2.29. The lowest BCUT2D eigenvalue weighted by atomic mass is 9.94. The Hall–Kier alpha value is -1.10. The molecule has 2 unspecified atom stereocenters. The lowest BCUT2D eigenvalue weighted by molar-refractivity contribution is -0.139. The maximum Gasteiger partial charge on any atom is 0.305 e. The van der Waals surface area contributed by atoms with Gasteiger partial charge in [0.2, 0.25) is 5.91 Å². The third-order valence-electron chi connectivity index (χ3n) is 2.47. The van der Waals surface area contributed by atoms with Crippen LogP contribution in [0.4, 0.5) is 0 Å². The summed E-state index contributed by atoms with van der Waals surface area (Å²) < 4.78 is 4.85. The summed E-state index contributed by atoms with van der Waals surface area (Å²) >= 11 is 0. The smallest absolute Gasteiger partial charge is 0.305 e. The van der Waals surface area contributed by atoms with Crippen molar-refractivity contribution in [2.24, 2.45) is 0 Å². The van der Waals surface area contributed by atoms with Crippen LogP contribution in [-0.2, 0) is 14.3 Å². The van der Waals surface area contributed by atoms with Gasteiger partial charge in [-0.25, -0.2) is 0 Å². The predicted octanol–water partition coefficient (Wildman–Crippen LogP) is 0.781. The number of carbonyl (C=O) groups is 2. The van der Waals surface area contributed by atoms with Crippen LogP contribution in [0.25, 0.3) is 0 Å². The number of rotatable bonds is 6. The van der Waals surface area contributed by atoms with Crippen LogP contribution in [0.15, 0.2) is 0 Å². The molecule has 0 aliphatic rings. The largest absolute Gasteiger partial charge is 0.481 e. The lowest BCUT2D eigenvalue weighted by Crippen LogP contribution is -2.50. The normalized spacial score (nSPS) is 16.5. The standard InChI is InChI=1S/C10H19NO4/c1-5-10(3,6-8(12)13)11-9(14)7(2)15-4/h7H,5-6H2,1-4H3,(H,11,14)(H,12,13). The summed E-state index contributed by atoms with van der Waals surface area (Å²) in [6.07, 6.45) is -0.0997. The number of ether oxygens (including phenoxy) is 1. The Kier molecular flexibility index (Phi) is 5.28. The van der Waals surface area contributed by atoms with E-state index in [0.717, 1.165) is 0 Å². The molecule has 0 heterocycles. The predicted molar refractivity (Wildman–Crippen MR) is 55.6 cm³/mol. The zero-order chi connectivity index (χ0) is 12.1. The molecule has 5 heteroatoms. The molecule has 0 spiro atoms. The molecule has 0 saturated carbocycles. The first kappa shape index (κ1) is 13.9. The Morgan fingerprint density at radius 1 is 1.53 bits per heavy atom. The van der Waals surface area contributed by atoms with Gasteiger partial charge in [-0.1, -0.05) is 6.92 Å². The van der Waals surface area contributed by atoms with E-state index in [4.69, 9.17) is 9.84 Å². The Bertz CT molecular complexity index is 242. The second kappa shape index (κ2) is 5.70. The summed E-state index contributed by atoms with van der Waals surface area (Å²) in [4.78, 5) is 22.1. The molecular weight excluding hydrogens is 198 g/mol. The topological polar surface area (TPSA) is 75.6 Å². The van der Waals surface area contributed by atoms with E-state index in [2.05, 4.69) is 5.32 Å². The molecule has 0 fully saturated rings. The molecule has 0 rings (SSSR count). The van der Waals surface area contributed by atoms with Crippen LogP contribution in [0.3, 0.4) is 0 Å². The fourth-order valence-corrected chi connectivity index (χ4v) is 1.10. The highest BCUT2D eigenvalue weighted by Crippen LogP contribution is 2.14. The van der Waals surface area contributed by atoms with Crippen molar-refractivity contribution in [2.75, 3.05) is 7.11 Å². The molecule has 15 heavy (non-hydrogen) atoms. The van der Waals surface area contributed by atoms with Crippen molar-refractivity contribution in [1.29, 1.82) is 0 Å². The molecule has 0 saturated heterocycles. The molecule has 2 N–H and O–H groups in total. The van der Waals surface area contributed by atoms with Gasteiger partial charge < -0.3 is 15.2 Å². The van der Waals surface area contributed by atoms with Gasteiger partial charge in [0.1, 0.15) is 6.10 Å². The summed E-state index contributed by atoms with van der Waals surface area (Å²) in [6, 6.07) is 0. The number of nitrogens with one attached hydrogen (secondary N) is 1. The van der Waals surface area contributed by atoms with E-state index < -0.39 is 17.6 Å². The summed E-state index contributed by atoms with van der Waals surface area (Å²) in [5, 5.41) is 11.4. The van der Waals surface area contributed by atoms with Gasteiger partial charge in [0.15, 0.2) is 0 Å². The van der Waals surface area contributed by atoms with Crippen LogP contribution >= 0.6 is 0 Å². The molecule has 0 aliphatic heterocycles. The minimum Gasteiger partial charge on any atom is -0.481 e. The van der Waals surface area contributed by atoms with E-state index in [0.29, 0.717) is 6.42 Å². The van der Waals surface area contributed by atoms with Crippen LogP contribution < -0.4 is 5.32 Å². The van der Waals surface area contributed by atoms with E-state index >= 15 is 0 Å². The van der Waals surface area contributed by atoms with Crippen molar-refractivity contribution in [3.05, 3.63) is 0 Å². The summed E-state index contributed by atoms with van der Waals surface area (Å²) in [5.41, 5.74) is -0.713. The van der Waals surface area contributed by atoms with Crippen LogP contribution in [0, 0.1) is 0 Å². The number of aliphatic carboxylic acids is 1. The zero-order valence-electron chi connectivity index (χ0n) is 9.66. The summed E-state index contributed by atoms with van der Waals surface area (Å²) in [6.45, 7) is 5.16. The Balaban J connectivity index is 4.43. The molecule has 5 nitrogen and oxygen atoms in total. The van der Waals surface area contributed by atoms with Crippen molar-refractivity contribution in [2.45, 2.75) is 45.3 Å². The molecule has 0 aromatic heterocycles. The van der Waals surface area contributed by atoms with E-state index in [1.807, 2.05) is 6.92 Å². The van der Waals surface area contributed by atoms with Gasteiger partial charge in [-0.15, -0.1) is 0 Å². The molecule has 88 valence electrons. The van der Waals surface area contributed by atoms with Crippen LogP contribution in [0.1, 0.15) is 33.6 Å². The quantitative estimate of drug-likeness (QED) is 0.689. The first-order chi connectivity index (χ1) is 6.84. The second-order valence-electron chi connectivity index (χ2n) is 3.85. The Morgan fingerprint density at radius 3 is 2.40 bits per heavy atom. The number of amides is 1. The third-order valence-corrected chi connectivity index (χ3v) is 2.47. The number of carboxylic acids is 1. The molecular formula is C10H19NO4. The fourth-order valence-electron chi connectivity index (χ4n) is 1.10. The van der Waals surface area contributed by atoms with Gasteiger partial charge >= 0.3 is 5.97 Å². The molecule has 2 atom stereocenters. The third kappa shape index (κ3) is 4.78. The number of carbonyl (C=O) groups excluding carboxylic acids is 1. The monoisotopic (exact) mass is 217 g/mol. The van der Waals surface area contributed by atoms with Crippen LogP contribution in [-0.4, -0.2) is 35.7 Å². The van der Waals surface area contributed by atoms with Crippen molar-refractivity contribution in [1.82, 2.24) is 5.32 Å². The fraction of sp³-hybridized carbons (Fsp3) is 0.800. The molecule has 0 aromatic rings. The van der Waals surface area contributed by atoms with E-state index in [-0.39, 0.29) is 12.3 Å². The molecule has 0 radical (unpaired) electrons. The minimum absolute atomic E-state index is 0.0916. The SMILES string of the molecule is CCC(C)(CC(=O)O)NC(=O)C(C)OC. The van der Waals surface area contributed by atoms with E-state index in [1.165, 1.54) is 7.11 Å². The van der Waals surface area contributed by atoms with Crippen LogP contribution in [0.2, 0.25) is 0 Å². The highest BCUT2D eigenvalue weighted by molar-refractivity contribution is 5.82. The number of hydrogen-bond acceptors (Lipinski definition) is 3. The first-order valence-electron chi connectivity index (χ1n) is 4.91. The van der Waals surface area contributed by atoms with Gasteiger partial charge in [0, 0.05) is 12.6 Å². The van der Waals surface area contributed by atoms with E-state index in [1.54, 1.807) is 13.8 Å². The number of carboxylic acid groups (broad SMARTS) is 1. The van der Waals surface area contributed by atoms with Crippen molar-refractivity contribution in [3.8, 4) is 0 Å². The van der Waals surface area contributed by atoms with Crippen molar-refractivity contribution < 1.29 is 19.4 Å². The van der Waals surface area contributed by atoms with Gasteiger partial charge in [0.25, 0.3) is 0 Å². The second-order valence-corrected chi connectivity index (χ2v) is 3.85. The van der Waals surface area contributed by atoms with E-state index in [9.17, 15) is 9.59 Å². The molecule has 0 aliphatic carbocycles. The van der Waals surface area contributed by atoms with Crippen LogP contribution in [0.5, 0.6) is 0 Å². The molecule has 1 amide bonds. The Labute approximate surface area is 89.8 Å². The van der Waals surface area contributed by atoms with Gasteiger partial charge in [0.05, 0.1) is 6.42 Å². The average molecular weight is 217 g/mol. The zero-order valence-corrected chi connectivity index (χ0v) is 9.66. The Morgan fingerprint density at radius 2 is 2.07 bits per heavy atom. The number of methoxy groups -OCH3 is 1. The van der Waals surface area contributed by atoms with Gasteiger partial charge in [-0.3, -0.25) is 9.59 Å². The number of hydrogen-bond donors (Lipinski definition) is 2. The summed E-state index contributed by atoms with van der Waals surface area (Å²) in [7, 11) is 1.44. The average Bonchev–Trinajstić information content (AvgIpc) is 2.15. The van der Waals surface area contributed by atoms with Gasteiger partial charge in [-0.2, -0.15) is 0 Å². The molecule has 0 bridgehead atoms. The van der Waals surface area contributed by atoms with Crippen molar-refractivity contribution >= 4 is 11.9 Å². The minimum atomic E-state index is -0.926. The summed E-state index contributed by atoms with van der Waals surface area (Å²) in [5.74, 6) is -1.21.